The van der Waals surface area contributed by atoms with E-state index in [2.05, 4.69) is 62.4 Å². The summed E-state index contributed by atoms with van der Waals surface area (Å²) in [6, 6.07) is 40.2. The third kappa shape index (κ3) is 26.7. The van der Waals surface area contributed by atoms with E-state index in [-0.39, 0.29) is 39.3 Å². The fourth-order valence-electron chi connectivity index (χ4n) is 12.1. The van der Waals surface area contributed by atoms with Gasteiger partial charge in [-0.05, 0) is 132 Å². The minimum atomic E-state index is -1.07. The molecule has 0 saturated carbocycles. The van der Waals surface area contributed by atoms with Gasteiger partial charge in [0.2, 0.25) is 0 Å². The molecule has 0 saturated heterocycles. The summed E-state index contributed by atoms with van der Waals surface area (Å²) in [6.45, 7) is 4.54. The van der Waals surface area contributed by atoms with Crippen LogP contribution < -0.4 is 18.9 Å². The number of carbonyl (C=O) groups excluding carboxylic acids is 5. The summed E-state index contributed by atoms with van der Waals surface area (Å²) in [5.74, 6) is -8.12. The number of hydrogen-bond acceptors (Lipinski definition) is 10. The van der Waals surface area contributed by atoms with Crippen molar-refractivity contribution in [1.82, 2.24) is 0 Å². The van der Waals surface area contributed by atoms with E-state index >= 15 is 8.78 Å². The van der Waals surface area contributed by atoms with Gasteiger partial charge in [0.05, 0.1) is 34.9 Å². The maximum Gasteiger partial charge on any atom is 0.343 e. The van der Waals surface area contributed by atoms with E-state index in [1.54, 1.807) is 48.5 Å². The molecule has 512 valence electrons. The largest absolute Gasteiger partial charge is 0.465 e. The van der Waals surface area contributed by atoms with Gasteiger partial charge in [0, 0.05) is 6.07 Å². The van der Waals surface area contributed by atoms with Gasteiger partial charge >= 0.3 is 29.8 Å². The first-order valence-electron chi connectivity index (χ1n) is 36.0. The zero-order valence-corrected chi connectivity index (χ0v) is 57.3. The van der Waals surface area contributed by atoms with Gasteiger partial charge in [-0.1, -0.05) is 279 Å². The lowest BCUT2D eigenvalue weighted by molar-refractivity contribution is 0.0593. The molecule has 0 aliphatic heterocycles. The van der Waals surface area contributed by atoms with Crippen LogP contribution in [0.1, 0.15) is 282 Å². The van der Waals surface area contributed by atoms with Crippen molar-refractivity contribution in [2.75, 3.05) is 7.11 Å². The molecule has 7 aromatic rings. The summed E-state index contributed by atoms with van der Waals surface area (Å²) in [5.41, 5.74) is 6.03. The second kappa shape index (κ2) is 43.0. The Labute approximate surface area is 570 Å². The number of carbonyl (C=O) groups is 5. The van der Waals surface area contributed by atoms with Crippen LogP contribution in [0, 0.1) is 11.6 Å². The summed E-state index contributed by atoms with van der Waals surface area (Å²) in [5, 5.41) is 0. The first-order chi connectivity index (χ1) is 46.9. The monoisotopic (exact) mass is 1310 g/mol. The zero-order chi connectivity index (χ0) is 68.0. The minimum Gasteiger partial charge on any atom is -0.465 e. The van der Waals surface area contributed by atoms with E-state index in [1.807, 2.05) is 0 Å². The molecule has 7 rings (SSSR count). The number of hydrogen-bond donors (Lipinski definition) is 0. The van der Waals surface area contributed by atoms with Crippen LogP contribution in [-0.2, 0) is 17.6 Å². The van der Waals surface area contributed by atoms with Crippen molar-refractivity contribution < 1.29 is 56.4 Å². The van der Waals surface area contributed by atoms with Crippen LogP contribution in [0.15, 0.2) is 152 Å². The maximum atomic E-state index is 15.5. The van der Waals surface area contributed by atoms with Gasteiger partial charge in [-0.15, -0.1) is 0 Å². The van der Waals surface area contributed by atoms with Gasteiger partial charge in [-0.2, -0.15) is 0 Å². The topological polar surface area (TPSA) is 132 Å². The van der Waals surface area contributed by atoms with E-state index < -0.39 is 53.0 Å². The van der Waals surface area contributed by atoms with Crippen molar-refractivity contribution in [3.8, 4) is 45.3 Å². The molecular weight excluding hydrogens is 1210 g/mol. The molecule has 10 nitrogen and oxygen atoms in total. The Hall–Kier alpha value is -8.25. The average Bonchev–Trinajstić information content (AvgIpc) is 1.31. The predicted octanol–water partition coefficient (Wildman–Crippen LogP) is 23.6. The molecule has 0 unspecified atom stereocenters. The molecule has 7 aromatic carbocycles. The highest BCUT2D eigenvalue weighted by Gasteiger charge is 2.22. The molecule has 0 aliphatic rings. The molecule has 0 amide bonds. The van der Waals surface area contributed by atoms with E-state index in [4.69, 9.17) is 23.7 Å². The normalized spacial score (nSPS) is 11.1. The van der Waals surface area contributed by atoms with Crippen molar-refractivity contribution in [1.29, 1.82) is 0 Å². The fraction of sp³-hybridized carbons (Fsp3) is 0.440. The summed E-state index contributed by atoms with van der Waals surface area (Å²) in [4.78, 5) is 65.8. The van der Waals surface area contributed by atoms with Crippen LogP contribution >= 0.6 is 0 Å². The predicted molar refractivity (Wildman–Crippen MR) is 381 cm³/mol. The lowest BCUT2D eigenvalue weighted by atomic mass is 10.00. The van der Waals surface area contributed by atoms with Gasteiger partial charge in [0.15, 0.2) is 23.1 Å². The van der Waals surface area contributed by atoms with Crippen LogP contribution in [0.3, 0.4) is 0 Å². The van der Waals surface area contributed by atoms with E-state index in [0.29, 0.717) is 0 Å². The third-order valence-electron chi connectivity index (χ3n) is 17.9. The molecule has 0 spiro atoms. The van der Waals surface area contributed by atoms with Crippen LogP contribution in [0.4, 0.5) is 8.78 Å². The van der Waals surface area contributed by atoms with Crippen LogP contribution in [-0.4, -0.2) is 37.0 Å². The standard InChI is InChI=1S/C84H102F2O10/c1-4-6-8-10-12-14-16-18-20-22-24-26-28-30-32-34-36-63-38-42-65(43-39-63)67-46-50-69(51-47-67)81(88)95-78-56-54-71(60-76(78)85)83(90)93-74-58-73(80(87)92-3)59-75(62-74)94-84(91)72-55-57-79(77(86)61-72)96-82(89)70-52-48-68(49-53-70)66-44-40-64(41-45-66)37-35-33-31-29-27-25-23-21-19-17-15-13-11-9-7-5-2/h38-62H,4-37H2,1-3H3. The van der Waals surface area contributed by atoms with Gasteiger partial charge in [0.25, 0.3) is 0 Å². The zero-order valence-electron chi connectivity index (χ0n) is 57.3. The van der Waals surface area contributed by atoms with Crippen molar-refractivity contribution in [2.45, 2.75) is 232 Å². The van der Waals surface area contributed by atoms with Crippen molar-refractivity contribution in [3.05, 3.63) is 202 Å². The first-order valence-corrected chi connectivity index (χ1v) is 36.0. The van der Waals surface area contributed by atoms with Gasteiger partial charge in [0.1, 0.15) is 11.5 Å². The SMILES string of the molecule is CCCCCCCCCCCCCCCCCCc1ccc(-c2ccc(C(=O)Oc3ccc(C(=O)Oc4cc(OC(=O)c5ccc(OC(=O)c6ccc(-c7ccc(CCCCCCCCCCCCCCCCCC)cc7)cc6)c(F)c5)cc(C(=O)OC)c4)cc3F)cc2)cc1. The highest BCUT2D eigenvalue weighted by atomic mass is 19.1. The summed E-state index contributed by atoms with van der Waals surface area (Å²) >= 11 is 0. The molecule has 0 fully saturated rings. The third-order valence-corrected chi connectivity index (χ3v) is 17.9. The van der Waals surface area contributed by atoms with Crippen molar-refractivity contribution in [3.63, 3.8) is 0 Å². The van der Waals surface area contributed by atoms with Crippen molar-refractivity contribution >= 4 is 29.8 Å². The average molecular weight is 1310 g/mol. The number of ether oxygens (including phenoxy) is 5. The van der Waals surface area contributed by atoms with Crippen molar-refractivity contribution in [2.24, 2.45) is 0 Å². The fourth-order valence-corrected chi connectivity index (χ4v) is 12.1. The quantitative estimate of drug-likeness (QED) is 0.0206. The Balaban J connectivity index is 0.805. The Morgan fingerprint density at radius 3 is 0.812 bits per heavy atom. The van der Waals surface area contributed by atoms with Gasteiger partial charge in [-0.25, -0.2) is 32.8 Å². The Kier molecular flexibility index (Phi) is 33.7. The highest BCUT2D eigenvalue weighted by molar-refractivity contribution is 5.96. The van der Waals surface area contributed by atoms with E-state index in [9.17, 15) is 24.0 Å². The Bertz CT molecular complexity index is 3250. The van der Waals surface area contributed by atoms with E-state index in [1.165, 1.54) is 216 Å². The molecule has 0 atom stereocenters. The number of aryl methyl sites for hydroxylation is 2. The summed E-state index contributed by atoms with van der Waals surface area (Å²) in [7, 11) is 1.12. The summed E-state index contributed by atoms with van der Waals surface area (Å²) < 4.78 is 57.5. The molecule has 0 bridgehead atoms. The smallest absolute Gasteiger partial charge is 0.343 e. The molecular formula is C84H102F2O10. The molecule has 12 heteroatoms. The lowest BCUT2D eigenvalue weighted by Crippen LogP contribution is -2.13. The number of esters is 5. The number of methoxy groups -OCH3 is 1. The Morgan fingerprint density at radius 2 is 0.531 bits per heavy atom. The lowest BCUT2D eigenvalue weighted by Gasteiger charge is -2.11. The number of benzene rings is 7. The second-order valence-corrected chi connectivity index (χ2v) is 25.7. The molecule has 96 heavy (non-hydrogen) atoms. The molecule has 0 N–H and O–H groups in total. The van der Waals surface area contributed by atoms with E-state index in [0.717, 1.165) is 97.5 Å². The number of rotatable bonds is 45. The van der Waals surface area contributed by atoms with Crippen LogP contribution in [0.5, 0.6) is 23.0 Å². The first kappa shape index (κ1) is 75.1. The van der Waals surface area contributed by atoms with Gasteiger partial charge < -0.3 is 23.7 Å². The molecule has 0 aromatic heterocycles. The van der Waals surface area contributed by atoms with Gasteiger partial charge in [-0.3, -0.25) is 0 Å². The molecule has 0 heterocycles. The minimum absolute atomic E-state index is 0.184. The summed E-state index contributed by atoms with van der Waals surface area (Å²) in [6.07, 6.45) is 45.1. The van der Waals surface area contributed by atoms with Crippen LogP contribution in [0.25, 0.3) is 22.3 Å². The maximum absolute atomic E-state index is 15.5. The second-order valence-electron chi connectivity index (χ2n) is 25.7. The number of unbranched alkanes of at least 4 members (excludes halogenated alkanes) is 30. The number of halogens is 2. The Morgan fingerprint density at radius 1 is 0.271 bits per heavy atom. The molecule has 0 aliphatic carbocycles. The highest BCUT2D eigenvalue weighted by Crippen LogP contribution is 2.30. The van der Waals surface area contributed by atoms with Crippen LogP contribution in [0.2, 0.25) is 0 Å². The molecule has 0 radical (unpaired) electrons.